The van der Waals surface area contributed by atoms with Crippen LogP contribution >= 0.6 is 0 Å². The third-order valence-electron chi connectivity index (χ3n) is 6.02. The zero-order chi connectivity index (χ0) is 20.5. The van der Waals surface area contributed by atoms with Crippen molar-refractivity contribution in [2.24, 2.45) is 0 Å². The molecule has 0 N–H and O–H groups in total. The number of anilines is 1. The van der Waals surface area contributed by atoms with E-state index in [1.807, 2.05) is 4.90 Å². The van der Waals surface area contributed by atoms with Crippen LogP contribution in [0.2, 0.25) is 0 Å². The Kier molecular flexibility index (Phi) is 5.58. The Bertz CT molecular complexity index is 868. The molecule has 0 radical (unpaired) electrons. The molecule has 156 valence electrons. The predicted molar refractivity (Wildman–Crippen MR) is 114 cm³/mol. The molecule has 7 nitrogen and oxygen atoms in total. The van der Waals surface area contributed by atoms with E-state index in [-0.39, 0.29) is 11.9 Å². The second kappa shape index (κ2) is 8.14. The lowest BCUT2D eigenvalue weighted by atomic mass is 10.1. The average molecular weight is 397 g/mol. The van der Waals surface area contributed by atoms with E-state index >= 15 is 0 Å². The zero-order valence-corrected chi connectivity index (χ0v) is 18.0. The molecule has 3 heterocycles. The highest BCUT2D eigenvalue weighted by Crippen LogP contribution is 2.25. The van der Waals surface area contributed by atoms with Gasteiger partial charge in [-0.3, -0.25) is 9.69 Å². The molecule has 2 aromatic rings. The Morgan fingerprint density at radius 1 is 1.17 bits per heavy atom. The number of carbonyl (C=O) groups excluding carboxylic acids is 1. The molecule has 0 spiro atoms. The van der Waals surface area contributed by atoms with Crippen molar-refractivity contribution in [1.82, 2.24) is 24.6 Å². The fourth-order valence-electron chi connectivity index (χ4n) is 4.43. The van der Waals surface area contributed by atoms with Gasteiger partial charge in [-0.15, -0.1) is 10.2 Å². The summed E-state index contributed by atoms with van der Waals surface area (Å²) in [4.78, 5) is 19.6. The summed E-state index contributed by atoms with van der Waals surface area (Å²) in [7, 11) is 0. The van der Waals surface area contributed by atoms with Crippen LogP contribution in [0.25, 0.3) is 0 Å². The van der Waals surface area contributed by atoms with Crippen LogP contribution in [0.4, 0.5) is 5.69 Å². The van der Waals surface area contributed by atoms with E-state index in [2.05, 4.69) is 76.5 Å². The SMILES string of the molecule is Cc1cccc(N2CCN(CC(=O)N3Cc4nnc(C(C)C)n4[C@@H](C)C3)CC2)c1. The molecule has 0 aliphatic carbocycles. The van der Waals surface area contributed by atoms with Crippen molar-refractivity contribution in [3.8, 4) is 0 Å². The summed E-state index contributed by atoms with van der Waals surface area (Å²) in [5.74, 6) is 2.46. The van der Waals surface area contributed by atoms with E-state index in [0.29, 0.717) is 19.0 Å². The lowest BCUT2D eigenvalue weighted by molar-refractivity contribution is -0.134. The lowest BCUT2D eigenvalue weighted by Crippen LogP contribution is -2.51. The first kappa shape index (κ1) is 19.9. The van der Waals surface area contributed by atoms with Gasteiger partial charge in [0.05, 0.1) is 19.1 Å². The molecule has 7 heteroatoms. The normalized spacial score (nSPS) is 20.2. The van der Waals surface area contributed by atoms with Gasteiger partial charge in [0.2, 0.25) is 5.91 Å². The third-order valence-corrected chi connectivity index (χ3v) is 6.02. The molecule has 0 bridgehead atoms. The summed E-state index contributed by atoms with van der Waals surface area (Å²) >= 11 is 0. The quantitative estimate of drug-likeness (QED) is 0.795. The first-order valence-electron chi connectivity index (χ1n) is 10.7. The Balaban J connectivity index is 1.33. The van der Waals surface area contributed by atoms with Crippen molar-refractivity contribution in [1.29, 1.82) is 0 Å². The minimum atomic E-state index is 0.196. The summed E-state index contributed by atoms with van der Waals surface area (Å²) in [6.07, 6.45) is 0. The van der Waals surface area contributed by atoms with E-state index < -0.39 is 0 Å². The minimum Gasteiger partial charge on any atom is -0.369 e. The number of aromatic nitrogens is 3. The van der Waals surface area contributed by atoms with E-state index in [1.54, 1.807) is 0 Å². The molecule has 1 aromatic carbocycles. The van der Waals surface area contributed by atoms with E-state index in [1.165, 1.54) is 11.3 Å². The van der Waals surface area contributed by atoms with Crippen LogP contribution in [0.5, 0.6) is 0 Å². The highest BCUT2D eigenvalue weighted by atomic mass is 16.2. The van der Waals surface area contributed by atoms with Crippen molar-refractivity contribution >= 4 is 11.6 Å². The number of fused-ring (bicyclic) bond motifs is 1. The Morgan fingerprint density at radius 2 is 1.93 bits per heavy atom. The van der Waals surface area contributed by atoms with Crippen molar-refractivity contribution in [3.63, 3.8) is 0 Å². The molecule has 2 aliphatic heterocycles. The number of hydrogen-bond acceptors (Lipinski definition) is 5. The van der Waals surface area contributed by atoms with Gasteiger partial charge in [0.15, 0.2) is 5.82 Å². The van der Waals surface area contributed by atoms with Gasteiger partial charge >= 0.3 is 0 Å². The second-order valence-electron chi connectivity index (χ2n) is 8.72. The van der Waals surface area contributed by atoms with E-state index in [0.717, 1.165) is 44.4 Å². The van der Waals surface area contributed by atoms with Crippen LogP contribution < -0.4 is 4.90 Å². The van der Waals surface area contributed by atoms with Gasteiger partial charge in [0.25, 0.3) is 0 Å². The molecule has 1 atom stereocenters. The molecule has 2 aliphatic rings. The molecular weight excluding hydrogens is 364 g/mol. The number of nitrogens with zero attached hydrogens (tertiary/aromatic N) is 6. The van der Waals surface area contributed by atoms with Gasteiger partial charge in [-0.2, -0.15) is 0 Å². The molecule has 1 saturated heterocycles. The first-order chi connectivity index (χ1) is 13.9. The number of rotatable bonds is 4. The minimum absolute atomic E-state index is 0.196. The highest BCUT2D eigenvalue weighted by Gasteiger charge is 2.31. The summed E-state index contributed by atoms with van der Waals surface area (Å²) in [6.45, 7) is 14.1. The predicted octanol–water partition coefficient (Wildman–Crippen LogP) is 2.44. The van der Waals surface area contributed by atoms with E-state index in [4.69, 9.17) is 0 Å². The average Bonchev–Trinajstić information content (AvgIpc) is 3.13. The topological polar surface area (TPSA) is 57.5 Å². The van der Waals surface area contributed by atoms with Gasteiger partial charge in [-0.1, -0.05) is 26.0 Å². The maximum absolute atomic E-state index is 13.0. The van der Waals surface area contributed by atoms with Gasteiger partial charge in [-0.05, 0) is 31.5 Å². The number of piperazine rings is 1. The monoisotopic (exact) mass is 396 g/mol. The van der Waals surface area contributed by atoms with E-state index in [9.17, 15) is 4.79 Å². The van der Waals surface area contributed by atoms with Gasteiger partial charge in [0, 0.05) is 44.3 Å². The fraction of sp³-hybridized carbons (Fsp3) is 0.591. The lowest BCUT2D eigenvalue weighted by Gasteiger charge is -2.38. The van der Waals surface area contributed by atoms with Crippen molar-refractivity contribution in [3.05, 3.63) is 41.5 Å². The number of hydrogen-bond donors (Lipinski definition) is 0. The Labute approximate surface area is 173 Å². The third kappa shape index (κ3) is 4.15. The molecule has 4 rings (SSSR count). The van der Waals surface area contributed by atoms with Crippen molar-refractivity contribution < 1.29 is 4.79 Å². The molecule has 0 unspecified atom stereocenters. The van der Waals surface area contributed by atoms with Crippen LogP contribution in [0.15, 0.2) is 24.3 Å². The summed E-state index contributed by atoms with van der Waals surface area (Å²) in [5.41, 5.74) is 2.56. The summed E-state index contributed by atoms with van der Waals surface area (Å²) in [6, 6.07) is 8.86. The molecular formula is C22H32N6O. The molecule has 29 heavy (non-hydrogen) atoms. The smallest absolute Gasteiger partial charge is 0.237 e. The molecule has 1 amide bonds. The van der Waals surface area contributed by atoms with Crippen LogP contribution in [0.3, 0.4) is 0 Å². The summed E-state index contributed by atoms with van der Waals surface area (Å²) in [5, 5.41) is 8.72. The van der Waals surface area contributed by atoms with Crippen LogP contribution in [0.1, 0.15) is 49.9 Å². The zero-order valence-electron chi connectivity index (χ0n) is 18.0. The van der Waals surface area contributed by atoms with Crippen molar-refractivity contribution in [2.45, 2.75) is 46.2 Å². The van der Waals surface area contributed by atoms with Crippen LogP contribution in [-0.2, 0) is 11.3 Å². The first-order valence-corrected chi connectivity index (χ1v) is 10.7. The maximum Gasteiger partial charge on any atom is 0.237 e. The highest BCUT2D eigenvalue weighted by molar-refractivity contribution is 5.78. The second-order valence-corrected chi connectivity index (χ2v) is 8.72. The Morgan fingerprint density at radius 3 is 2.62 bits per heavy atom. The number of benzene rings is 1. The number of carbonyl (C=O) groups is 1. The van der Waals surface area contributed by atoms with Gasteiger partial charge < -0.3 is 14.4 Å². The van der Waals surface area contributed by atoms with Gasteiger partial charge in [-0.25, -0.2) is 0 Å². The fourth-order valence-corrected chi connectivity index (χ4v) is 4.43. The maximum atomic E-state index is 13.0. The summed E-state index contributed by atoms with van der Waals surface area (Å²) < 4.78 is 2.22. The standard InChI is InChI=1S/C22H32N6O/c1-16(2)22-24-23-20-14-27(13-18(4)28(20)22)21(29)15-25-8-10-26(11-9-25)19-7-5-6-17(3)12-19/h5-7,12,16,18H,8-11,13-15H2,1-4H3/t18-/m0/s1. The number of aryl methyl sites for hydroxylation is 1. The largest absolute Gasteiger partial charge is 0.369 e. The Hall–Kier alpha value is -2.41. The van der Waals surface area contributed by atoms with Crippen LogP contribution in [0, 0.1) is 6.92 Å². The molecule has 0 saturated carbocycles. The number of amides is 1. The van der Waals surface area contributed by atoms with Crippen LogP contribution in [-0.4, -0.2) is 69.7 Å². The molecule has 1 fully saturated rings. The van der Waals surface area contributed by atoms with Gasteiger partial charge in [0.1, 0.15) is 5.82 Å². The molecule has 1 aromatic heterocycles. The van der Waals surface area contributed by atoms with Crippen molar-refractivity contribution in [2.75, 3.05) is 44.2 Å².